The molecule has 142 valence electrons. The van der Waals surface area contributed by atoms with Crippen molar-refractivity contribution in [2.24, 2.45) is 7.05 Å². The Morgan fingerprint density at radius 1 is 0.800 bits per heavy atom. The first-order valence-electron chi connectivity index (χ1n) is 10.2. The molecule has 0 aliphatic carbocycles. The highest BCUT2D eigenvalue weighted by atomic mass is 32.2. The van der Waals surface area contributed by atoms with E-state index >= 15 is 0 Å². The molecule has 4 aromatic carbocycles. The maximum atomic E-state index is 6.26. The summed E-state index contributed by atoms with van der Waals surface area (Å²) >= 11 is 1.89. The fraction of sp³-hybridized carbons (Fsp3) is 0.0741. The van der Waals surface area contributed by atoms with E-state index in [2.05, 4.69) is 85.4 Å². The largest absolute Gasteiger partial charge is 0.456 e. The van der Waals surface area contributed by atoms with Gasteiger partial charge in [-0.3, -0.25) is 0 Å². The molecular formula is C27H18NOS+. The lowest BCUT2D eigenvalue weighted by Crippen LogP contribution is -2.31. The third-order valence-corrected chi connectivity index (χ3v) is 7.60. The van der Waals surface area contributed by atoms with Gasteiger partial charge in [0.05, 0.1) is 10.9 Å². The summed E-state index contributed by atoms with van der Waals surface area (Å²) in [6.07, 6.45) is 2.17. The SMILES string of the molecule is Cc1c2c(cc3ccccc13)Sc1c3c-2[n+](C)ccc3cc2oc3ccccc3c12. The number of pyridine rings is 1. The first-order valence-corrected chi connectivity index (χ1v) is 11.0. The highest BCUT2D eigenvalue weighted by Crippen LogP contribution is 2.53. The second-order valence-electron chi connectivity index (χ2n) is 8.11. The van der Waals surface area contributed by atoms with Crippen LogP contribution in [-0.2, 0) is 7.05 Å². The van der Waals surface area contributed by atoms with Crippen LogP contribution in [0, 0.1) is 6.92 Å². The number of benzene rings is 4. The monoisotopic (exact) mass is 404 g/mol. The van der Waals surface area contributed by atoms with Gasteiger partial charge < -0.3 is 4.42 Å². The molecular weight excluding hydrogens is 386 g/mol. The third kappa shape index (κ3) is 1.98. The Morgan fingerprint density at radius 2 is 1.60 bits per heavy atom. The molecule has 6 aromatic rings. The van der Waals surface area contributed by atoms with Gasteiger partial charge in [-0.05, 0) is 46.8 Å². The molecule has 0 saturated heterocycles. The van der Waals surface area contributed by atoms with Crippen LogP contribution >= 0.6 is 11.8 Å². The first-order chi connectivity index (χ1) is 14.7. The van der Waals surface area contributed by atoms with Crippen molar-refractivity contribution in [3.8, 4) is 11.3 Å². The van der Waals surface area contributed by atoms with Crippen LogP contribution in [0.1, 0.15) is 5.56 Å². The van der Waals surface area contributed by atoms with Crippen LogP contribution in [0.2, 0.25) is 0 Å². The van der Waals surface area contributed by atoms with Crippen molar-refractivity contribution in [2.45, 2.75) is 16.7 Å². The number of rotatable bonds is 0. The zero-order chi connectivity index (χ0) is 20.0. The number of fused-ring (bicyclic) bond motifs is 7. The molecule has 0 fully saturated rings. The predicted octanol–water partition coefficient (Wildman–Crippen LogP) is 7.16. The molecule has 1 aliphatic heterocycles. The van der Waals surface area contributed by atoms with Gasteiger partial charge in [0, 0.05) is 26.6 Å². The van der Waals surface area contributed by atoms with Crippen molar-refractivity contribution >= 4 is 55.2 Å². The van der Waals surface area contributed by atoms with E-state index < -0.39 is 0 Å². The third-order valence-electron chi connectivity index (χ3n) is 6.44. The minimum absolute atomic E-state index is 0.950. The summed E-state index contributed by atoms with van der Waals surface area (Å²) in [6.45, 7) is 2.26. The molecule has 3 heteroatoms. The van der Waals surface area contributed by atoms with E-state index in [1.165, 1.54) is 58.9 Å². The van der Waals surface area contributed by atoms with Crippen LogP contribution in [0.15, 0.2) is 87.1 Å². The van der Waals surface area contributed by atoms with Crippen LogP contribution < -0.4 is 4.57 Å². The number of hydrogen-bond acceptors (Lipinski definition) is 2. The van der Waals surface area contributed by atoms with Gasteiger partial charge >= 0.3 is 0 Å². The molecule has 0 N–H and O–H groups in total. The highest BCUT2D eigenvalue weighted by Gasteiger charge is 2.31. The van der Waals surface area contributed by atoms with Crippen molar-refractivity contribution in [3.63, 3.8) is 0 Å². The summed E-state index contributed by atoms with van der Waals surface area (Å²) in [7, 11) is 2.16. The van der Waals surface area contributed by atoms with Crippen LogP contribution in [-0.4, -0.2) is 0 Å². The molecule has 0 spiro atoms. The maximum absolute atomic E-state index is 6.26. The minimum atomic E-state index is 0.950. The van der Waals surface area contributed by atoms with E-state index in [1.807, 2.05) is 17.8 Å². The summed E-state index contributed by atoms with van der Waals surface area (Å²) < 4.78 is 8.54. The number of hydrogen-bond donors (Lipinski definition) is 0. The fourth-order valence-corrected chi connectivity index (χ4v) is 6.46. The van der Waals surface area contributed by atoms with Gasteiger partial charge in [0.1, 0.15) is 18.2 Å². The van der Waals surface area contributed by atoms with Gasteiger partial charge in [-0.25, -0.2) is 4.57 Å². The van der Waals surface area contributed by atoms with Crippen molar-refractivity contribution in [1.29, 1.82) is 0 Å². The quantitative estimate of drug-likeness (QED) is 0.250. The summed E-state index contributed by atoms with van der Waals surface area (Å²) in [4.78, 5) is 2.63. The number of aromatic nitrogens is 1. The Balaban J connectivity index is 1.74. The Bertz CT molecular complexity index is 1690. The number of para-hydroxylation sites is 1. The molecule has 0 amide bonds. The molecule has 7 rings (SSSR count). The van der Waals surface area contributed by atoms with Crippen LogP contribution in [0.3, 0.4) is 0 Å². The van der Waals surface area contributed by atoms with Gasteiger partial charge in [-0.1, -0.05) is 54.2 Å². The molecule has 0 bridgehead atoms. The molecule has 2 nitrogen and oxygen atoms in total. The zero-order valence-corrected chi connectivity index (χ0v) is 17.5. The maximum Gasteiger partial charge on any atom is 0.222 e. The van der Waals surface area contributed by atoms with Crippen LogP contribution in [0.4, 0.5) is 0 Å². The molecule has 0 atom stereocenters. The van der Waals surface area contributed by atoms with Crippen LogP contribution in [0.5, 0.6) is 0 Å². The lowest BCUT2D eigenvalue weighted by Gasteiger charge is -2.21. The summed E-state index contributed by atoms with van der Waals surface area (Å²) in [6, 6.07) is 23.8. The van der Waals surface area contributed by atoms with Crippen molar-refractivity contribution in [2.75, 3.05) is 0 Å². The topological polar surface area (TPSA) is 17.0 Å². The number of nitrogens with zero attached hydrogens (tertiary/aromatic N) is 1. The summed E-state index contributed by atoms with van der Waals surface area (Å²) in [5.41, 5.74) is 5.91. The lowest BCUT2D eigenvalue weighted by atomic mass is 9.93. The van der Waals surface area contributed by atoms with E-state index in [0.717, 1.165) is 11.2 Å². The molecule has 0 unspecified atom stereocenters. The number of furan rings is 1. The van der Waals surface area contributed by atoms with E-state index in [4.69, 9.17) is 4.42 Å². The standard InChI is InChI=1S/C27H18NOS/c1-15-18-8-4-3-7-16(18)14-22-23(15)26-24-17(11-12-28(26)2)13-21-25(27(24)30-22)19-9-5-6-10-20(19)29-21/h3-14H,1-2H3/q+1. The second-order valence-corrected chi connectivity index (χ2v) is 9.17. The Labute approximate surface area is 177 Å². The minimum Gasteiger partial charge on any atom is -0.456 e. The molecule has 1 aliphatic rings. The fourth-order valence-electron chi connectivity index (χ4n) is 5.07. The van der Waals surface area contributed by atoms with Gasteiger partial charge in [0.15, 0.2) is 6.20 Å². The Hall–Kier alpha value is -3.30. The van der Waals surface area contributed by atoms with E-state index in [0.29, 0.717) is 0 Å². The molecule has 0 saturated carbocycles. The Morgan fingerprint density at radius 3 is 2.50 bits per heavy atom. The zero-order valence-electron chi connectivity index (χ0n) is 16.7. The van der Waals surface area contributed by atoms with Crippen molar-refractivity contribution < 1.29 is 8.98 Å². The predicted molar refractivity (Wildman–Crippen MR) is 124 cm³/mol. The Kier molecular flexibility index (Phi) is 3.10. The van der Waals surface area contributed by atoms with Crippen molar-refractivity contribution in [3.05, 3.63) is 78.5 Å². The molecule has 0 radical (unpaired) electrons. The van der Waals surface area contributed by atoms with Crippen LogP contribution in [0.25, 0.3) is 54.7 Å². The summed E-state index contributed by atoms with van der Waals surface area (Å²) in [5.74, 6) is 0. The first kappa shape index (κ1) is 16.5. The average Bonchev–Trinajstić information content (AvgIpc) is 3.14. The summed E-state index contributed by atoms with van der Waals surface area (Å²) in [5, 5.41) is 7.60. The number of aryl methyl sites for hydroxylation is 2. The van der Waals surface area contributed by atoms with E-state index in [-0.39, 0.29) is 0 Å². The van der Waals surface area contributed by atoms with E-state index in [1.54, 1.807) is 0 Å². The van der Waals surface area contributed by atoms with Gasteiger partial charge in [-0.15, -0.1) is 0 Å². The normalized spacial score (nSPS) is 12.9. The smallest absolute Gasteiger partial charge is 0.222 e. The van der Waals surface area contributed by atoms with E-state index in [9.17, 15) is 0 Å². The molecule has 30 heavy (non-hydrogen) atoms. The molecule has 3 heterocycles. The lowest BCUT2D eigenvalue weighted by molar-refractivity contribution is -0.659. The average molecular weight is 405 g/mol. The van der Waals surface area contributed by atoms with Gasteiger partial charge in [-0.2, -0.15) is 0 Å². The van der Waals surface area contributed by atoms with Gasteiger partial charge in [0.2, 0.25) is 5.69 Å². The van der Waals surface area contributed by atoms with Gasteiger partial charge in [0.25, 0.3) is 0 Å². The highest BCUT2D eigenvalue weighted by molar-refractivity contribution is 8.00. The second kappa shape index (κ2) is 5.65. The molecule has 2 aromatic heterocycles. The van der Waals surface area contributed by atoms with Crippen molar-refractivity contribution in [1.82, 2.24) is 0 Å².